The van der Waals surface area contributed by atoms with Gasteiger partial charge in [-0.15, -0.1) is 0 Å². The van der Waals surface area contributed by atoms with E-state index in [0.717, 1.165) is 21.6 Å². The summed E-state index contributed by atoms with van der Waals surface area (Å²) in [5.74, 6) is 0.815. The largest absolute Gasteiger partial charge is 0.618 e. The van der Waals surface area contributed by atoms with Crippen molar-refractivity contribution in [2.24, 2.45) is 0 Å². The zero-order chi connectivity index (χ0) is 17.6. The number of halogens is 1. The van der Waals surface area contributed by atoms with Crippen molar-refractivity contribution in [2.75, 3.05) is 12.8 Å². The van der Waals surface area contributed by atoms with Crippen molar-refractivity contribution in [3.8, 4) is 5.75 Å². The number of nitrogen functional groups attached to an aromatic ring is 1. The van der Waals surface area contributed by atoms with E-state index in [1.807, 2.05) is 24.6 Å². The van der Waals surface area contributed by atoms with E-state index in [1.165, 1.54) is 0 Å². The van der Waals surface area contributed by atoms with Crippen LogP contribution in [0.25, 0.3) is 11.0 Å². The van der Waals surface area contributed by atoms with Crippen LogP contribution < -0.4 is 15.2 Å². The molecule has 0 spiro atoms. The van der Waals surface area contributed by atoms with Crippen molar-refractivity contribution >= 4 is 28.6 Å². The van der Waals surface area contributed by atoms with E-state index in [0.29, 0.717) is 34.1 Å². The van der Waals surface area contributed by atoms with E-state index >= 15 is 0 Å². The Morgan fingerprint density at radius 1 is 1.29 bits per heavy atom. The summed E-state index contributed by atoms with van der Waals surface area (Å²) in [6.07, 6.45) is 1.81. The number of anilines is 1. The smallest absolute Gasteiger partial charge is 0.223 e. The van der Waals surface area contributed by atoms with Gasteiger partial charge in [0.25, 0.3) is 0 Å². The lowest BCUT2D eigenvalue weighted by atomic mass is 10.1. The molecule has 0 aliphatic carbocycles. The van der Waals surface area contributed by atoms with E-state index in [4.69, 9.17) is 22.1 Å². The second-order valence-corrected chi connectivity index (χ2v) is 6.02. The first kappa shape index (κ1) is 16.3. The predicted octanol–water partition coefficient (Wildman–Crippen LogP) is 2.28. The number of pyridine rings is 1. The number of fused-ring (bicyclic) bond motifs is 1. The highest BCUT2D eigenvalue weighted by Gasteiger charge is 2.23. The Kier molecular flexibility index (Phi) is 3.96. The number of hydrogen-bond acceptors (Lipinski definition) is 5. The number of hydrogen-bond donors (Lipinski definition) is 1. The molecule has 0 unspecified atom stereocenters. The van der Waals surface area contributed by atoms with E-state index in [2.05, 4.69) is 9.97 Å². The van der Waals surface area contributed by atoms with E-state index in [1.54, 1.807) is 20.1 Å². The Balaban J connectivity index is 2.18. The monoisotopic (exact) mass is 347 g/mol. The number of aromatic nitrogens is 4. The van der Waals surface area contributed by atoms with Gasteiger partial charge in [0.05, 0.1) is 23.6 Å². The van der Waals surface area contributed by atoms with Gasteiger partial charge in [-0.1, -0.05) is 11.6 Å². The van der Waals surface area contributed by atoms with Gasteiger partial charge in [0, 0.05) is 13.1 Å². The summed E-state index contributed by atoms with van der Waals surface area (Å²) in [4.78, 5) is 8.18. The summed E-state index contributed by atoms with van der Waals surface area (Å²) in [5.41, 5.74) is 9.10. The van der Waals surface area contributed by atoms with Crippen molar-refractivity contribution in [1.29, 1.82) is 0 Å². The van der Waals surface area contributed by atoms with Crippen molar-refractivity contribution in [3.05, 3.63) is 45.1 Å². The molecule has 8 heteroatoms. The van der Waals surface area contributed by atoms with Gasteiger partial charge in [0.15, 0.2) is 5.69 Å². The molecule has 126 valence electrons. The second kappa shape index (κ2) is 5.83. The lowest BCUT2D eigenvalue weighted by Crippen LogP contribution is -2.38. The van der Waals surface area contributed by atoms with Crippen LogP contribution in [0.2, 0.25) is 5.15 Å². The maximum atomic E-state index is 12.6. The quantitative estimate of drug-likeness (QED) is 0.445. The van der Waals surface area contributed by atoms with Crippen LogP contribution in [0, 0.1) is 26.0 Å². The van der Waals surface area contributed by atoms with E-state index < -0.39 is 0 Å². The summed E-state index contributed by atoms with van der Waals surface area (Å²) in [7, 11) is 1.60. The zero-order valence-electron chi connectivity index (χ0n) is 13.9. The van der Waals surface area contributed by atoms with Crippen molar-refractivity contribution < 1.29 is 9.47 Å². The van der Waals surface area contributed by atoms with E-state index in [-0.39, 0.29) is 5.95 Å². The fourth-order valence-electron chi connectivity index (χ4n) is 2.91. The normalized spacial score (nSPS) is 11.2. The molecule has 0 atom stereocenters. The number of nitrogens with zero attached hydrogens (tertiary/aromatic N) is 4. The minimum atomic E-state index is 0.0943. The SMILES string of the molecule is COc1c(C)c(C)[n+]([O-])c(Cn2ccc3c(Cl)nc(N)nc32)c1C. The molecular weight excluding hydrogens is 330 g/mol. The standard InChI is InChI=1S/C16H18ClN5O2/c1-8-10(3)22(23)12(9(2)13(8)24-4)7-21-6-5-11-14(17)19-16(18)20-15(11)21/h5-6H,7H2,1-4H3,(H2,18,19,20). The minimum absolute atomic E-state index is 0.0943. The molecule has 2 N–H and O–H groups in total. The lowest BCUT2D eigenvalue weighted by Gasteiger charge is -2.17. The highest BCUT2D eigenvalue weighted by molar-refractivity contribution is 6.34. The molecule has 3 aromatic heterocycles. The third-order valence-corrected chi connectivity index (χ3v) is 4.61. The maximum absolute atomic E-state index is 12.6. The average Bonchev–Trinajstić information content (AvgIpc) is 2.93. The Hall–Kier alpha value is -2.54. The number of rotatable bonds is 3. The van der Waals surface area contributed by atoms with Crippen LogP contribution in [0.3, 0.4) is 0 Å². The van der Waals surface area contributed by atoms with Crippen LogP contribution in [0.15, 0.2) is 12.3 Å². The Labute approximate surface area is 144 Å². The van der Waals surface area contributed by atoms with Gasteiger partial charge < -0.3 is 20.2 Å². The fraction of sp³-hybridized carbons (Fsp3) is 0.312. The Morgan fingerprint density at radius 3 is 2.67 bits per heavy atom. The molecule has 0 fully saturated rings. The van der Waals surface area contributed by atoms with E-state index in [9.17, 15) is 5.21 Å². The molecule has 0 aromatic carbocycles. The molecule has 3 aromatic rings. The molecular formula is C16H18ClN5O2. The average molecular weight is 348 g/mol. The minimum Gasteiger partial charge on any atom is -0.618 e. The summed E-state index contributed by atoms with van der Waals surface area (Å²) in [6, 6.07) is 1.81. The molecule has 0 aliphatic heterocycles. The first-order valence-corrected chi connectivity index (χ1v) is 7.77. The van der Waals surface area contributed by atoms with Crippen LogP contribution in [0.4, 0.5) is 5.95 Å². The van der Waals surface area contributed by atoms with Gasteiger partial charge in [-0.2, -0.15) is 9.71 Å². The lowest BCUT2D eigenvalue weighted by molar-refractivity contribution is -0.621. The van der Waals surface area contributed by atoms with Crippen LogP contribution >= 0.6 is 11.6 Å². The number of methoxy groups -OCH3 is 1. The first-order chi connectivity index (χ1) is 11.3. The topological polar surface area (TPSA) is 92.9 Å². The summed E-state index contributed by atoms with van der Waals surface area (Å²) in [5, 5.41) is 13.6. The van der Waals surface area contributed by atoms with Crippen molar-refractivity contribution in [1.82, 2.24) is 14.5 Å². The molecule has 0 aliphatic rings. The predicted molar refractivity (Wildman–Crippen MR) is 92.2 cm³/mol. The zero-order valence-corrected chi connectivity index (χ0v) is 14.7. The summed E-state index contributed by atoms with van der Waals surface area (Å²) < 4.78 is 8.23. The fourth-order valence-corrected chi connectivity index (χ4v) is 3.14. The number of ether oxygens (including phenoxy) is 1. The van der Waals surface area contributed by atoms with Crippen molar-refractivity contribution in [3.63, 3.8) is 0 Å². The molecule has 0 bridgehead atoms. The molecule has 3 heterocycles. The van der Waals surface area contributed by atoms with Gasteiger partial charge >= 0.3 is 0 Å². The second-order valence-electron chi connectivity index (χ2n) is 5.66. The molecule has 0 saturated carbocycles. The van der Waals surface area contributed by atoms with Gasteiger partial charge in [-0.25, -0.2) is 4.98 Å². The molecule has 0 radical (unpaired) electrons. The van der Waals surface area contributed by atoms with Crippen molar-refractivity contribution in [2.45, 2.75) is 27.3 Å². The van der Waals surface area contributed by atoms with Gasteiger partial charge in [0.1, 0.15) is 23.1 Å². The summed E-state index contributed by atoms with van der Waals surface area (Å²) in [6.45, 7) is 5.84. The molecule has 3 rings (SSSR count). The van der Waals surface area contributed by atoms with Crippen LogP contribution in [-0.4, -0.2) is 21.6 Å². The van der Waals surface area contributed by atoms with Crippen LogP contribution in [0.1, 0.15) is 22.5 Å². The van der Waals surface area contributed by atoms with Gasteiger partial charge in [0.2, 0.25) is 11.6 Å². The first-order valence-electron chi connectivity index (χ1n) is 7.39. The highest BCUT2D eigenvalue weighted by Crippen LogP contribution is 2.28. The Morgan fingerprint density at radius 2 is 2.00 bits per heavy atom. The third kappa shape index (κ3) is 2.41. The third-order valence-electron chi connectivity index (χ3n) is 4.32. The molecule has 0 amide bonds. The maximum Gasteiger partial charge on any atom is 0.223 e. The summed E-state index contributed by atoms with van der Waals surface area (Å²) >= 11 is 6.10. The Bertz CT molecular complexity index is 952. The molecule has 0 saturated heterocycles. The van der Waals surface area contributed by atoms with Gasteiger partial charge in [-0.05, 0) is 19.9 Å². The molecule has 7 nitrogen and oxygen atoms in total. The molecule has 24 heavy (non-hydrogen) atoms. The number of nitrogens with two attached hydrogens (primary N) is 1. The highest BCUT2D eigenvalue weighted by atomic mass is 35.5. The van der Waals surface area contributed by atoms with Crippen LogP contribution in [-0.2, 0) is 6.54 Å². The van der Waals surface area contributed by atoms with Gasteiger partial charge in [-0.3, -0.25) is 0 Å². The van der Waals surface area contributed by atoms with Crippen LogP contribution in [0.5, 0.6) is 5.75 Å².